The topological polar surface area (TPSA) is 40.5 Å². The Bertz CT molecular complexity index is 431. The van der Waals surface area contributed by atoms with Crippen LogP contribution in [0.3, 0.4) is 0 Å². The van der Waals surface area contributed by atoms with Crippen LogP contribution in [0.15, 0.2) is 42.6 Å². The van der Waals surface area contributed by atoms with Crippen LogP contribution in [0.5, 0.6) is 0 Å². The summed E-state index contributed by atoms with van der Waals surface area (Å²) in [5.41, 5.74) is -0.821. The van der Waals surface area contributed by atoms with Crippen molar-refractivity contribution in [2.45, 2.75) is 25.4 Å². The second-order valence-corrected chi connectivity index (χ2v) is 4.86. The monoisotopic (exact) mass is 245 g/mol. The lowest BCUT2D eigenvalue weighted by atomic mass is 9.91. The van der Waals surface area contributed by atoms with Crippen molar-refractivity contribution in [2.75, 3.05) is 13.1 Å². The van der Waals surface area contributed by atoms with Gasteiger partial charge >= 0.3 is 0 Å². The van der Waals surface area contributed by atoms with E-state index in [1.54, 1.807) is 25.3 Å². The zero-order valence-electron chi connectivity index (χ0n) is 10.7. The summed E-state index contributed by atoms with van der Waals surface area (Å²) in [6.45, 7) is 3.54. The van der Waals surface area contributed by atoms with E-state index in [0.717, 1.165) is 13.1 Å². The number of hydrogen-bond acceptors (Lipinski definition) is 3. The number of carbonyl (C=O) groups is 1. The maximum atomic E-state index is 12.1. The van der Waals surface area contributed by atoms with E-state index in [9.17, 15) is 9.90 Å². The summed E-state index contributed by atoms with van der Waals surface area (Å²) in [6.07, 6.45) is 5.63. The van der Waals surface area contributed by atoms with E-state index >= 15 is 0 Å². The second kappa shape index (κ2) is 5.36. The summed E-state index contributed by atoms with van der Waals surface area (Å²) in [4.78, 5) is 14.2. The number of benzene rings is 1. The molecule has 1 aliphatic rings. The molecule has 3 nitrogen and oxygen atoms in total. The van der Waals surface area contributed by atoms with Gasteiger partial charge in [0, 0.05) is 25.4 Å². The molecule has 1 heterocycles. The molecule has 1 aromatic carbocycles. The van der Waals surface area contributed by atoms with E-state index in [2.05, 4.69) is 4.90 Å². The first-order valence-electron chi connectivity index (χ1n) is 6.35. The molecule has 0 aliphatic carbocycles. The molecule has 1 saturated heterocycles. The lowest BCUT2D eigenvalue weighted by Crippen LogP contribution is -2.31. The van der Waals surface area contributed by atoms with Gasteiger partial charge in [-0.2, -0.15) is 0 Å². The fraction of sp³-hybridized carbons (Fsp3) is 0.400. The van der Waals surface area contributed by atoms with Crippen LogP contribution < -0.4 is 0 Å². The highest BCUT2D eigenvalue weighted by molar-refractivity contribution is 5.97. The Kier molecular flexibility index (Phi) is 3.82. The van der Waals surface area contributed by atoms with Gasteiger partial charge in [-0.3, -0.25) is 4.79 Å². The molecule has 0 saturated carbocycles. The first-order chi connectivity index (χ1) is 8.60. The van der Waals surface area contributed by atoms with Crippen LogP contribution in [0.2, 0.25) is 0 Å². The van der Waals surface area contributed by atoms with Crippen molar-refractivity contribution in [1.82, 2.24) is 4.90 Å². The largest absolute Gasteiger partial charge is 0.377 e. The van der Waals surface area contributed by atoms with Gasteiger partial charge in [-0.25, -0.2) is 0 Å². The minimum absolute atomic E-state index is 0.277. The summed E-state index contributed by atoms with van der Waals surface area (Å²) in [6, 6.07) is 9.04. The zero-order chi connectivity index (χ0) is 13.0. The molecular weight excluding hydrogens is 226 g/mol. The predicted molar refractivity (Wildman–Crippen MR) is 71.0 cm³/mol. The number of hydrogen-bond donors (Lipinski definition) is 1. The minimum atomic E-state index is -1.45. The van der Waals surface area contributed by atoms with Crippen LogP contribution in [0.25, 0.3) is 0 Å². The van der Waals surface area contributed by atoms with Crippen LogP contribution >= 0.6 is 0 Å². The molecular formula is C15H19NO2. The molecule has 2 rings (SSSR count). The highest BCUT2D eigenvalue weighted by Gasteiger charge is 2.30. The molecule has 96 valence electrons. The van der Waals surface area contributed by atoms with Crippen LogP contribution in [0.4, 0.5) is 0 Å². The van der Waals surface area contributed by atoms with E-state index < -0.39 is 5.60 Å². The highest BCUT2D eigenvalue weighted by atomic mass is 16.3. The van der Waals surface area contributed by atoms with Crippen molar-refractivity contribution < 1.29 is 9.90 Å². The smallest absolute Gasteiger partial charge is 0.192 e. The van der Waals surface area contributed by atoms with Gasteiger partial charge in [0.15, 0.2) is 5.78 Å². The average Bonchev–Trinajstić information content (AvgIpc) is 2.90. The molecule has 18 heavy (non-hydrogen) atoms. The molecule has 0 aromatic heterocycles. The number of nitrogens with zero attached hydrogens (tertiary/aromatic N) is 1. The molecule has 1 unspecified atom stereocenters. The normalized spacial score (nSPS) is 19.1. The maximum Gasteiger partial charge on any atom is 0.192 e. The summed E-state index contributed by atoms with van der Waals surface area (Å²) in [7, 11) is 0. The van der Waals surface area contributed by atoms with Crippen LogP contribution in [-0.2, 0) is 10.4 Å². The zero-order valence-corrected chi connectivity index (χ0v) is 10.7. The Morgan fingerprint density at radius 3 is 2.50 bits per heavy atom. The molecule has 1 aromatic rings. The molecule has 0 spiro atoms. The Labute approximate surface area is 108 Å². The molecule has 1 atom stereocenters. The van der Waals surface area contributed by atoms with Crippen LogP contribution in [-0.4, -0.2) is 28.9 Å². The van der Waals surface area contributed by atoms with Gasteiger partial charge in [0.1, 0.15) is 5.60 Å². The summed E-state index contributed by atoms with van der Waals surface area (Å²) in [5, 5.41) is 10.3. The molecule has 3 heteroatoms. The first-order valence-corrected chi connectivity index (χ1v) is 6.35. The van der Waals surface area contributed by atoms with Gasteiger partial charge in [-0.1, -0.05) is 30.3 Å². The van der Waals surface area contributed by atoms with Crippen molar-refractivity contribution in [1.29, 1.82) is 0 Å². The maximum absolute atomic E-state index is 12.1. The fourth-order valence-corrected chi connectivity index (χ4v) is 2.13. The number of rotatable bonds is 4. The number of aliphatic hydroxyl groups is 1. The quantitative estimate of drug-likeness (QED) is 0.826. The SMILES string of the molecule is CC(O)(C(=O)C=CN1CCCC1)c1ccccc1. The lowest BCUT2D eigenvalue weighted by Gasteiger charge is -2.21. The Morgan fingerprint density at radius 2 is 1.89 bits per heavy atom. The molecule has 1 fully saturated rings. The fourth-order valence-electron chi connectivity index (χ4n) is 2.13. The Hall–Kier alpha value is -1.61. The Morgan fingerprint density at radius 1 is 1.28 bits per heavy atom. The Balaban J connectivity index is 2.07. The summed E-state index contributed by atoms with van der Waals surface area (Å²) >= 11 is 0. The van der Waals surface area contributed by atoms with Crippen molar-refractivity contribution in [3.63, 3.8) is 0 Å². The molecule has 1 aliphatic heterocycles. The van der Waals surface area contributed by atoms with E-state index in [4.69, 9.17) is 0 Å². The van der Waals surface area contributed by atoms with Crippen molar-refractivity contribution >= 4 is 5.78 Å². The van der Waals surface area contributed by atoms with E-state index in [-0.39, 0.29) is 5.78 Å². The van der Waals surface area contributed by atoms with Gasteiger partial charge < -0.3 is 10.0 Å². The van der Waals surface area contributed by atoms with E-state index in [0.29, 0.717) is 5.56 Å². The molecule has 0 bridgehead atoms. The number of likely N-dealkylation sites (tertiary alicyclic amines) is 1. The van der Waals surface area contributed by atoms with E-state index in [1.807, 2.05) is 18.2 Å². The van der Waals surface area contributed by atoms with Gasteiger partial charge in [0.25, 0.3) is 0 Å². The molecule has 1 N–H and O–H groups in total. The summed E-state index contributed by atoms with van der Waals surface area (Å²) in [5.74, 6) is -0.277. The van der Waals surface area contributed by atoms with Gasteiger partial charge in [0.05, 0.1) is 0 Å². The summed E-state index contributed by atoms with van der Waals surface area (Å²) < 4.78 is 0. The molecule has 0 radical (unpaired) electrons. The number of carbonyl (C=O) groups excluding carboxylic acids is 1. The number of ketones is 1. The van der Waals surface area contributed by atoms with Crippen molar-refractivity contribution in [3.8, 4) is 0 Å². The third kappa shape index (κ3) is 2.79. The van der Waals surface area contributed by atoms with E-state index in [1.165, 1.54) is 18.9 Å². The van der Waals surface area contributed by atoms with Gasteiger partial charge in [-0.05, 0) is 25.3 Å². The third-order valence-corrected chi connectivity index (χ3v) is 3.39. The average molecular weight is 245 g/mol. The third-order valence-electron chi connectivity index (χ3n) is 3.39. The van der Waals surface area contributed by atoms with Crippen LogP contribution in [0.1, 0.15) is 25.3 Å². The predicted octanol–water partition coefficient (Wildman–Crippen LogP) is 2.07. The highest BCUT2D eigenvalue weighted by Crippen LogP contribution is 2.22. The van der Waals surface area contributed by atoms with Crippen molar-refractivity contribution in [2.24, 2.45) is 0 Å². The molecule has 0 amide bonds. The first kappa shape index (κ1) is 12.8. The standard InChI is InChI=1S/C15H19NO2/c1-15(18,13-7-3-2-4-8-13)14(17)9-12-16-10-5-6-11-16/h2-4,7-9,12,18H,5-6,10-11H2,1H3. The van der Waals surface area contributed by atoms with Crippen LogP contribution in [0, 0.1) is 0 Å². The second-order valence-electron chi connectivity index (χ2n) is 4.86. The van der Waals surface area contributed by atoms with Crippen molar-refractivity contribution in [3.05, 3.63) is 48.2 Å². The lowest BCUT2D eigenvalue weighted by molar-refractivity contribution is -0.131. The van der Waals surface area contributed by atoms with Gasteiger partial charge in [-0.15, -0.1) is 0 Å². The minimum Gasteiger partial charge on any atom is -0.377 e. The van der Waals surface area contributed by atoms with Gasteiger partial charge in [0.2, 0.25) is 0 Å².